The summed E-state index contributed by atoms with van der Waals surface area (Å²) >= 11 is 0. The van der Waals surface area contributed by atoms with Crippen molar-refractivity contribution in [3.63, 3.8) is 0 Å². The molecular weight excluding hydrogens is 264 g/mol. The molecule has 7 nitrogen and oxygen atoms in total. The lowest BCUT2D eigenvalue weighted by Crippen LogP contribution is -2.44. The van der Waals surface area contributed by atoms with Gasteiger partial charge >= 0.3 is 12.1 Å². The highest BCUT2D eigenvalue weighted by Crippen LogP contribution is 2.02. The second kappa shape index (κ2) is 7.78. The Labute approximate surface area is 116 Å². The number of esters is 1. The first kappa shape index (κ1) is 15.5. The maximum absolute atomic E-state index is 11.5. The van der Waals surface area contributed by atoms with E-state index in [1.54, 1.807) is 24.3 Å². The van der Waals surface area contributed by atoms with Crippen LogP contribution in [0.1, 0.15) is 12.0 Å². The van der Waals surface area contributed by atoms with Crippen LogP contribution in [-0.4, -0.2) is 31.1 Å². The van der Waals surface area contributed by atoms with Crippen LogP contribution in [0.4, 0.5) is 4.79 Å². The normalized spacial score (nSPS) is 11.2. The van der Waals surface area contributed by atoms with Gasteiger partial charge in [-0.2, -0.15) is 0 Å². The second-order valence-electron chi connectivity index (χ2n) is 3.95. The van der Waals surface area contributed by atoms with Gasteiger partial charge in [0.05, 0.1) is 13.5 Å². The first-order chi connectivity index (χ1) is 9.52. The molecule has 3 N–H and O–H groups in total. The number of carbonyl (C=O) groups excluding carboxylic acids is 3. The molecule has 1 aromatic rings. The van der Waals surface area contributed by atoms with Gasteiger partial charge in [0.15, 0.2) is 0 Å². The largest absolute Gasteiger partial charge is 0.467 e. The zero-order chi connectivity index (χ0) is 15.0. The van der Waals surface area contributed by atoms with Gasteiger partial charge in [-0.15, -0.1) is 0 Å². The van der Waals surface area contributed by atoms with E-state index in [-0.39, 0.29) is 13.0 Å². The van der Waals surface area contributed by atoms with Gasteiger partial charge in [-0.1, -0.05) is 30.3 Å². The van der Waals surface area contributed by atoms with Crippen LogP contribution in [0.5, 0.6) is 0 Å². The van der Waals surface area contributed by atoms with Crippen molar-refractivity contribution in [2.24, 2.45) is 5.73 Å². The Morgan fingerprint density at radius 2 is 1.90 bits per heavy atom. The van der Waals surface area contributed by atoms with Crippen LogP contribution in [0.3, 0.4) is 0 Å². The molecule has 0 aliphatic carbocycles. The maximum Gasteiger partial charge on any atom is 0.408 e. The van der Waals surface area contributed by atoms with E-state index >= 15 is 0 Å². The molecule has 0 spiro atoms. The van der Waals surface area contributed by atoms with Gasteiger partial charge in [0, 0.05) is 0 Å². The number of nitrogens with one attached hydrogen (secondary N) is 1. The van der Waals surface area contributed by atoms with Crippen molar-refractivity contribution in [3.05, 3.63) is 35.9 Å². The summed E-state index contributed by atoms with van der Waals surface area (Å²) in [7, 11) is 1.15. The summed E-state index contributed by atoms with van der Waals surface area (Å²) in [6.45, 7) is 0.0527. The molecule has 20 heavy (non-hydrogen) atoms. The minimum Gasteiger partial charge on any atom is -0.467 e. The molecule has 7 heteroatoms. The number of amides is 2. The molecule has 0 unspecified atom stereocenters. The SMILES string of the molecule is COC(=O)[C@@H](CC(N)=O)NC(=O)OCc1ccccc1. The number of rotatable bonds is 6. The predicted molar refractivity (Wildman–Crippen MR) is 69.4 cm³/mol. The molecule has 0 radical (unpaired) electrons. The Morgan fingerprint density at radius 3 is 2.45 bits per heavy atom. The number of benzene rings is 1. The van der Waals surface area contributed by atoms with E-state index in [0.29, 0.717) is 0 Å². The third kappa shape index (κ3) is 5.38. The molecule has 108 valence electrons. The van der Waals surface area contributed by atoms with E-state index in [9.17, 15) is 14.4 Å². The summed E-state index contributed by atoms with van der Waals surface area (Å²) in [6.07, 6.45) is -1.18. The molecule has 1 atom stereocenters. The van der Waals surface area contributed by atoms with E-state index in [2.05, 4.69) is 10.1 Å². The third-order valence-corrected chi connectivity index (χ3v) is 2.40. The fourth-order valence-corrected chi connectivity index (χ4v) is 1.44. The van der Waals surface area contributed by atoms with Crippen molar-refractivity contribution in [1.29, 1.82) is 0 Å². The molecule has 0 heterocycles. The summed E-state index contributed by atoms with van der Waals surface area (Å²) in [5.41, 5.74) is 5.79. The van der Waals surface area contributed by atoms with E-state index in [0.717, 1.165) is 12.7 Å². The topological polar surface area (TPSA) is 108 Å². The average molecular weight is 280 g/mol. The van der Waals surface area contributed by atoms with Gasteiger partial charge in [0.2, 0.25) is 5.91 Å². The van der Waals surface area contributed by atoms with Crippen LogP contribution in [0.25, 0.3) is 0 Å². The smallest absolute Gasteiger partial charge is 0.408 e. The zero-order valence-corrected chi connectivity index (χ0v) is 11.0. The number of carbonyl (C=O) groups is 3. The Morgan fingerprint density at radius 1 is 1.25 bits per heavy atom. The van der Waals surface area contributed by atoms with E-state index in [1.165, 1.54) is 0 Å². The van der Waals surface area contributed by atoms with Gasteiger partial charge in [0.1, 0.15) is 12.6 Å². The molecule has 0 fully saturated rings. The number of hydrogen-bond acceptors (Lipinski definition) is 5. The lowest BCUT2D eigenvalue weighted by atomic mass is 10.2. The number of methoxy groups -OCH3 is 1. The van der Waals surface area contributed by atoms with Crippen LogP contribution in [0.15, 0.2) is 30.3 Å². The van der Waals surface area contributed by atoms with E-state index in [1.807, 2.05) is 6.07 Å². The number of alkyl carbamates (subject to hydrolysis) is 1. The third-order valence-electron chi connectivity index (χ3n) is 2.40. The molecule has 2 amide bonds. The van der Waals surface area contributed by atoms with Crippen molar-refractivity contribution in [3.8, 4) is 0 Å². The van der Waals surface area contributed by atoms with Crippen molar-refractivity contribution in [1.82, 2.24) is 5.32 Å². The highest BCUT2D eigenvalue weighted by Gasteiger charge is 2.24. The molecule has 0 saturated heterocycles. The Balaban J connectivity index is 2.49. The fraction of sp³-hybridized carbons (Fsp3) is 0.308. The molecule has 0 aliphatic rings. The van der Waals surface area contributed by atoms with Crippen LogP contribution < -0.4 is 11.1 Å². The summed E-state index contributed by atoms with van der Waals surface area (Å²) in [5.74, 6) is -1.50. The summed E-state index contributed by atoms with van der Waals surface area (Å²) < 4.78 is 9.38. The molecule has 0 saturated carbocycles. The minimum atomic E-state index is -1.15. The number of nitrogens with two attached hydrogens (primary N) is 1. The minimum absolute atomic E-state index is 0.0527. The van der Waals surface area contributed by atoms with Crippen molar-refractivity contribution in [2.45, 2.75) is 19.1 Å². The molecule has 0 aliphatic heterocycles. The van der Waals surface area contributed by atoms with Gasteiger partial charge in [-0.25, -0.2) is 9.59 Å². The van der Waals surface area contributed by atoms with Gasteiger partial charge < -0.3 is 20.5 Å². The van der Waals surface area contributed by atoms with Crippen molar-refractivity contribution < 1.29 is 23.9 Å². The summed E-state index contributed by atoms with van der Waals surface area (Å²) in [4.78, 5) is 33.7. The van der Waals surface area contributed by atoms with Crippen molar-refractivity contribution in [2.75, 3.05) is 7.11 Å². The second-order valence-corrected chi connectivity index (χ2v) is 3.95. The highest BCUT2D eigenvalue weighted by atomic mass is 16.6. The fourth-order valence-electron chi connectivity index (χ4n) is 1.44. The first-order valence-corrected chi connectivity index (χ1v) is 5.86. The number of ether oxygens (including phenoxy) is 2. The molecule has 1 rings (SSSR count). The maximum atomic E-state index is 11.5. The van der Waals surface area contributed by atoms with Gasteiger partial charge in [0.25, 0.3) is 0 Å². The highest BCUT2D eigenvalue weighted by molar-refractivity contribution is 5.87. The summed E-state index contributed by atoms with van der Waals surface area (Å²) in [5, 5.41) is 2.23. The van der Waals surface area contributed by atoms with Gasteiger partial charge in [-0.3, -0.25) is 4.79 Å². The monoisotopic (exact) mass is 280 g/mol. The van der Waals surface area contributed by atoms with Crippen LogP contribution in [-0.2, 0) is 25.7 Å². The van der Waals surface area contributed by atoms with E-state index in [4.69, 9.17) is 10.5 Å². The number of hydrogen-bond donors (Lipinski definition) is 2. The first-order valence-electron chi connectivity index (χ1n) is 5.86. The zero-order valence-electron chi connectivity index (χ0n) is 11.0. The summed E-state index contributed by atoms with van der Waals surface area (Å²) in [6, 6.07) is 7.87. The number of primary amides is 1. The molecular formula is C13H16N2O5. The van der Waals surface area contributed by atoms with Gasteiger partial charge in [-0.05, 0) is 5.56 Å². The van der Waals surface area contributed by atoms with E-state index < -0.39 is 24.0 Å². The average Bonchev–Trinajstić information content (AvgIpc) is 2.44. The lowest BCUT2D eigenvalue weighted by molar-refractivity contribution is -0.144. The Bertz CT molecular complexity index is 475. The molecule has 1 aromatic carbocycles. The Kier molecular flexibility index (Phi) is 6.02. The molecule has 0 aromatic heterocycles. The standard InChI is InChI=1S/C13H16N2O5/c1-19-12(17)10(7-11(14)16)15-13(18)20-8-9-5-3-2-4-6-9/h2-6,10H,7-8H2,1H3,(H2,14,16)(H,15,18)/t10-/m1/s1. The van der Waals surface area contributed by atoms with Crippen LogP contribution in [0, 0.1) is 0 Å². The molecule has 0 bridgehead atoms. The van der Waals surface area contributed by atoms with Crippen LogP contribution >= 0.6 is 0 Å². The predicted octanol–water partition coefficient (Wildman–Crippen LogP) is 0.330. The Hall–Kier alpha value is -2.57. The quantitative estimate of drug-likeness (QED) is 0.730. The van der Waals surface area contributed by atoms with Crippen LogP contribution in [0.2, 0.25) is 0 Å². The van der Waals surface area contributed by atoms with Crippen molar-refractivity contribution >= 4 is 18.0 Å². The lowest BCUT2D eigenvalue weighted by Gasteiger charge is -2.14.